The summed E-state index contributed by atoms with van der Waals surface area (Å²) in [5.41, 5.74) is 14.0. The first-order valence-electron chi connectivity index (χ1n) is 14.4. The Bertz CT molecular complexity index is 1830. The van der Waals surface area contributed by atoms with Crippen molar-refractivity contribution in [1.82, 2.24) is 10.6 Å². The SMILES string of the molecule is NC=CC=CC1C=C1c1ccc(-c2ccc(C3NC(c4ccccc4)=NC(c4ccccc4)N3)cc2)c2ccccc12. The summed E-state index contributed by atoms with van der Waals surface area (Å²) >= 11 is 0. The molecule has 4 nitrogen and oxygen atoms in total. The summed E-state index contributed by atoms with van der Waals surface area (Å²) in [5, 5.41) is 9.88. The lowest BCUT2D eigenvalue weighted by molar-refractivity contribution is 0.409. The fourth-order valence-electron chi connectivity index (χ4n) is 5.76. The predicted octanol–water partition coefficient (Wildman–Crippen LogP) is 7.89. The monoisotopic (exact) mass is 544 g/mol. The zero-order chi connectivity index (χ0) is 28.3. The van der Waals surface area contributed by atoms with Gasteiger partial charge in [0.05, 0.1) is 0 Å². The van der Waals surface area contributed by atoms with Gasteiger partial charge in [-0.05, 0) is 56.4 Å². The Hall–Kier alpha value is -5.19. The Morgan fingerprint density at radius 3 is 2.02 bits per heavy atom. The number of aliphatic imine (C=N–C) groups is 1. The zero-order valence-corrected chi connectivity index (χ0v) is 23.2. The highest BCUT2D eigenvalue weighted by atomic mass is 15.3. The third-order valence-electron chi connectivity index (χ3n) is 7.97. The van der Waals surface area contributed by atoms with Gasteiger partial charge in [-0.3, -0.25) is 5.32 Å². The molecule has 4 N–H and O–H groups in total. The van der Waals surface area contributed by atoms with Crippen molar-refractivity contribution in [3.05, 3.63) is 174 Å². The highest BCUT2D eigenvalue weighted by Crippen LogP contribution is 2.44. The summed E-state index contributed by atoms with van der Waals surface area (Å²) in [6.45, 7) is 0. The molecule has 1 heterocycles. The fourth-order valence-corrected chi connectivity index (χ4v) is 5.76. The maximum Gasteiger partial charge on any atom is 0.131 e. The topological polar surface area (TPSA) is 62.4 Å². The van der Waals surface area contributed by atoms with E-state index in [0.29, 0.717) is 5.92 Å². The van der Waals surface area contributed by atoms with E-state index < -0.39 is 0 Å². The number of benzene rings is 5. The number of hydrogen-bond donors (Lipinski definition) is 3. The van der Waals surface area contributed by atoms with Gasteiger partial charge in [0.2, 0.25) is 0 Å². The molecule has 0 bridgehead atoms. The van der Waals surface area contributed by atoms with Gasteiger partial charge in [-0.25, -0.2) is 4.99 Å². The van der Waals surface area contributed by atoms with Crippen molar-refractivity contribution in [2.45, 2.75) is 12.3 Å². The van der Waals surface area contributed by atoms with Crippen LogP contribution in [0.1, 0.15) is 34.6 Å². The quantitative estimate of drug-likeness (QED) is 0.183. The van der Waals surface area contributed by atoms with E-state index in [1.807, 2.05) is 36.4 Å². The summed E-state index contributed by atoms with van der Waals surface area (Å²) < 4.78 is 0. The predicted molar refractivity (Wildman–Crippen MR) is 174 cm³/mol. The number of allylic oxidation sites excluding steroid dienone is 5. The number of hydrogen-bond acceptors (Lipinski definition) is 4. The van der Waals surface area contributed by atoms with Gasteiger partial charge in [0.25, 0.3) is 0 Å². The van der Waals surface area contributed by atoms with Crippen molar-refractivity contribution >= 4 is 22.2 Å². The minimum absolute atomic E-state index is 0.0861. The molecule has 42 heavy (non-hydrogen) atoms. The van der Waals surface area contributed by atoms with Crippen molar-refractivity contribution < 1.29 is 0 Å². The van der Waals surface area contributed by atoms with E-state index in [1.165, 1.54) is 33.0 Å². The summed E-state index contributed by atoms with van der Waals surface area (Å²) in [7, 11) is 0. The van der Waals surface area contributed by atoms with Crippen molar-refractivity contribution in [2.75, 3.05) is 0 Å². The molecule has 3 unspecified atom stereocenters. The van der Waals surface area contributed by atoms with Gasteiger partial charge in [-0.2, -0.15) is 0 Å². The highest BCUT2D eigenvalue weighted by molar-refractivity contribution is 6.05. The molecule has 7 rings (SSSR count). The molecule has 0 fully saturated rings. The summed E-state index contributed by atoms with van der Waals surface area (Å²) in [6, 6.07) is 42.9. The van der Waals surface area contributed by atoms with Crippen LogP contribution in [-0.2, 0) is 0 Å². The molecule has 0 radical (unpaired) electrons. The van der Waals surface area contributed by atoms with E-state index in [1.54, 1.807) is 6.20 Å². The average molecular weight is 545 g/mol. The standard InChI is InChI=1S/C38H32N4/c39-24-10-9-15-30-25-35(30)34-23-22-31(32-16-7-8-17-33(32)34)26-18-20-29(21-19-26)38-41-36(27-11-3-1-4-12-27)40-37(42-38)28-13-5-2-6-14-28/h1-25,30,36,38,41H,39H2,(H,40,42). The highest BCUT2D eigenvalue weighted by Gasteiger charge is 2.26. The molecule has 204 valence electrons. The molecule has 4 heteroatoms. The Morgan fingerprint density at radius 2 is 1.29 bits per heavy atom. The van der Waals surface area contributed by atoms with Gasteiger partial charge in [0.15, 0.2) is 0 Å². The van der Waals surface area contributed by atoms with Crippen LogP contribution in [0.4, 0.5) is 0 Å². The van der Waals surface area contributed by atoms with E-state index in [0.717, 1.165) is 22.5 Å². The van der Waals surface area contributed by atoms with Gasteiger partial charge in [0, 0.05) is 11.5 Å². The molecule has 0 saturated heterocycles. The van der Waals surface area contributed by atoms with Crippen molar-refractivity contribution in [3.63, 3.8) is 0 Å². The van der Waals surface area contributed by atoms with Gasteiger partial charge < -0.3 is 11.1 Å². The number of rotatable bonds is 7. The van der Waals surface area contributed by atoms with Crippen LogP contribution in [-0.4, -0.2) is 5.84 Å². The second-order valence-corrected chi connectivity index (χ2v) is 10.6. The van der Waals surface area contributed by atoms with Gasteiger partial charge in [0.1, 0.15) is 18.2 Å². The smallest absolute Gasteiger partial charge is 0.131 e. The molecule has 1 aliphatic heterocycles. The number of nitrogens with two attached hydrogens (primary N) is 1. The lowest BCUT2D eigenvalue weighted by Crippen LogP contribution is -2.44. The Morgan fingerprint density at radius 1 is 0.619 bits per heavy atom. The first-order valence-corrected chi connectivity index (χ1v) is 14.4. The third-order valence-corrected chi connectivity index (χ3v) is 7.97. The van der Waals surface area contributed by atoms with E-state index >= 15 is 0 Å². The Balaban J connectivity index is 1.18. The van der Waals surface area contributed by atoms with Gasteiger partial charge in [-0.15, -0.1) is 0 Å². The van der Waals surface area contributed by atoms with E-state index in [2.05, 4.69) is 120 Å². The maximum atomic E-state index is 5.48. The molecule has 3 atom stereocenters. The van der Waals surface area contributed by atoms with Crippen LogP contribution >= 0.6 is 0 Å². The maximum absolute atomic E-state index is 5.48. The first-order chi connectivity index (χ1) is 20.8. The number of fused-ring (bicyclic) bond motifs is 1. The summed E-state index contributed by atoms with van der Waals surface area (Å²) in [5.74, 6) is 1.26. The van der Waals surface area contributed by atoms with Gasteiger partial charge in [-0.1, -0.05) is 140 Å². The molecule has 0 aromatic heterocycles. The van der Waals surface area contributed by atoms with Gasteiger partial charge >= 0.3 is 0 Å². The minimum Gasteiger partial charge on any atom is -0.405 e. The number of amidine groups is 1. The largest absolute Gasteiger partial charge is 0.405 e. The van der Waals surface area contributed by atoms with Crippen LogP contribution in [0, 0.1) is 5.92 Å². The molecular formula is C38H32N4. The molecule has 1 aliphatic carbocycles. The molecule has 0 amide bonds. The fraction of sp³-hybridized carbons (Fsp3) is 0.0789. The molecule has 5 aromatic rings. The van der Waals surface area contributed by atoms with Crippen LogP contribution < -0.4 is 16.4 Å². The minimum atomic E-state index is -0.148. The second-order valence-electron chi connectivity index (χ2n) is 10.6. The number of nitrogens with zero attached hydrogens (tertiary/aromatic N) is 1. The van der Waals surface area contributed by atoms with Crippen molar-refractivity contribution in [3.8, 4) is 11.1 Å². The van der Waals surface area contributed by atoms with Crippen molar-refractivity contribution in [1.29, 1.82) is 0 Å². The molecule has 0 saturated carbocycles. The molecule has 5 aromatic carbocycles. The van der Waals surface area contributed by atoms with Crippen LogP contribution in [0.3, 0.4) is 0 Å². The van der Waals surface area contributed by atoms with E-state index in [-0.39, 0.29) is 12.3 Å². The average Bonchev–Trinajstić information content (AvgIpc) is 3.84. The van der Waals surface area contributed by atoms with Crippen LogP contribution in [0.2, 0.25) is 0 Å². The summed E-state index contributed by atoms with van der Waals surface area (Å²) in [4.78, 5) is 5.03. The van der Waals surface area contributed by atoms with Crippen molar-refractivity contribution in [2.24, 2.45) is 16.6 Å². The van der Waals surface area contributed by atoms with E-state index in [9.17, 15) is 0 Å². The number of nitrogens with one attached hydrogen (secondary N) is 2. The lowest BCUT2D eigenvalue weighted by atomic mass is 9.92. The lowest BCUT2D eigenvalue weighted by Gasteiger charge is -2.32. The first kappa shape index (κ1) is 25.8. The second kappa shape index (κ2) is 11.4. The van der Waals surface area contributed by atoms with Crippen LogP contribution in [0.25, 0.3) is 27.5 Å². The third kappa shape index (κ3) is 5.16. The summed E-state index contributed by atoms with van der Waals surface area (Å²) in [6.07, 6.45) is 9.69. The van der Waals surface area contributed by atoms with Crippen LogP contribution in [0.5, 0.6) is 0 Å². The molecular weight excluding hydrogens is 512 g/mol. The Labute approximate surface area is 246 Å². The zero-order valence-electron chi connectivity index (χ0n) is 23.2. The van der Waals surface area contributed by atoms with E-state index in [4.69, 9.17) is 10.7 Å². The molecule has 0 spiro atoms. The Kier molecular flexibility index (Phi) is 6.97. The van der Waals surface area contributed by atoms with Crippen LogP contribution in [0.15, 0.2) is 157 Å². The molecule has 2 aliphatic rings. The normalized spacial score (nSPS) is 20.0.